The van der Waals surface area contributed by atoms with Crippen LogP contribution in [0.25, 0.3) is 0 Å². The third-order valence-electron chi connectivity index (χ3n) is 2.67. The second-order valence-electron chi connectivity index (χ2n) is 3.93. The smallest absolute Gasteiger partial charge is 0.342 e. The number of carbonyl (C=O) groups is 1. The van der Waals surface area contributed by atoms with Crippen molar-refractivity contribution in [2.75, 3.05) is 5.32 Å². The van der Waals surface area contributed by atoms with Crippen molar-refractivity contribution in [3.05, 3.63) is 40.1 Å². The average Bonchev–Trinajstić information content (AvgIpc) is 2.81. The number of carboxylic acid groups (broad SMARTS) is 1. The summed E-state index contributed by atoms with van der Waals surface area (Å²) in [5, 5.41) is 22.6. The van der Waals surface area contributed by atoms with Gasteiger partial charge >= 0.3 is 11.7 Å². The van der Waals surface area contributed by atoms with Crippen molar-refractivity contribution < 1.29 is 14.8 Å². The summed E-state index contributed by atoms with van der Waals surface area (Å²) < 4.78 is 0. The van der Waals surface area contributed by atoms with E-state index in [4.69, 9.17) is 5.11 Å². The fourth-order valence-electron chi connectivity index (χ4n) is 1.79. The molecule has 0 atom stereocenters. The van der Waals surface area contributed by atoms with E-state index in [1.807, 2.05) is 12.2 Å². The Morgan fingerprint density at radius 3 is 2.72 bits per heavy atom. The molecule has 7 nitrogen and oxygen atoms in total. The number of hydrogen-bond donors (Lipinski definition) is 2. The Morgan fingerprint density at radius 1 is 1.50 bits per heavy atom. The number of aromatic nitrogens is 1. The highest BCUT2D eigenvalue weighted by atomic mass is 16.6. The molecule has 0 spiro atoms. The maximum absolute atomic E-state index is 10.9. The topological polar surface area (TPSA) is 105 Å². The average molecular weight is 249 g/mol. The fourth-order valence-corrected chi connectivity index (χ4v) is 1.79. The molecule has 2 N–H and O–H groups in total. The minimum absolute atomic E-state index is 0.167. The molecule has 0 aromatic carbocycles. The van der Waals surface area contributed by atoms with Gasteiger partial charge in [-0.25, -0.2) is 9.78 Å². The summed E-state index contributed by atoms with van der Waals surface area (Å²) in [4.78, 5) is 24.7. The van der Waals surface area contributed by atoms with Crippen LogP contribution in [0.5, 0.6) is 0 Å². The van der Waals surface area contributed by atoms with Gasteiger partial charge in [0.15, 0.2) is 0 Å². The summed E-state index contributed by atoms with van der Waals surface area (Å²) in [6, 6.07) is 1.36. The Kier molecular flexibility index (Phi) is 3.22. The zero-order valence-corrected chi connectivity index (χ0v) is 9.37. The Balaban J connectivity index is 2.25. The van der Waals surface area contributed by atoms with Gasteiger partial charge in [-0.15, -0.1) is 0 Å². The lowest BCUT2D eigenvalue weighted by Crippen LogP contribution is -2.16. The first-order chi connectivity index (χ1) is 8.58. The van der Waals surface area contributed by atoms with Crippen LogP contribution in [0.2, 0.25) is 0 Å². The number of rotatable bonds is 4. The van der Waals surface area contributed by atoms with Crippen LogP contribution in [0, 0.1) is 10.1 Å². The number of pyridine rings is 1. The van der Waals surface area contributed by atoms with Gasteiger partial charge in [-0.3, -0.25) is 10.1 Å². The van der Waals surface area contributed by atoms with Gasteiger partial charge in [0.1, 0.15) is 17.6 Å². The lowest BCUT2D eigenvalue weighted by atomic mass is 10.2. The molecule has 1 aromatic rings. The molecule has 0 unspecified atom stereocenters. The van der Waals surface area contributed by atoms with Crippen molar-refractivity contribution in [3.8, 4) is 0 Å². The second-order valence-corrected chi connectivity index (χ2v) is 3.93. The third-order valence-corrected chi connectivity index (χ3v) is 2.67. The zero-order valence-electron chi connectivity index (χ0n) is 9.37. The van der Waals surface area contributed by atoms with Gasteiger partial charge < -0.3 is 10.4 Å². The number of nitrogens with zero attached hydrogens (tertiary/aromatic N) is 2. The molecule has 0 saturated heterocycles. The first kappa shape index (κ1) is 12.0. The van der Waals surface area contributed by atoms with E-state index in [1.54, 1.807) is 0 Å². The van der Waals surface area contributed by atoms with Crippen LogP contribution in [0.1, 0.15) is 23.2 Å². The van der Waals surface area contributed by atoms with Crippen LogP contribution in [-0.2, 0) is 0 Å². The molecule has 0 aliphatic heterocycles. The zero-order chi connectivity index (χ0) is 13.1. The molecule has 18 heavy (non-hydrogen) atoms. The number of hydrogen-bond acceptors (Lipinski definition) is 5. The maximum atomic E-state index is 10.9. The van der Waals surface area contributed by atoms with Crippen molar-refractivity contribution in [2.45, 2.75) is 18.9 Å². The summed E-state index contributed by atoms with van der Waals surface area (Å²) in [6.07, 6.45) is 6.67. The number of carboxylic acids is 1. The molecule has 0 saturated carbocycles. The predicted octanol–water partition coefficient (Wildman–Crippen LogP) is 1.82. The summed E-state index contributed by atoms with van der Waals surface area (Å²) in [7, 11) is 0. The van der Waals surface area contributed by atoms with Crippen molar-refractivity contribution in [2.24, 2.45) is 0 Å². The highest BCUT2D eigenvalue weighted by molar-refractivity contribution is 5.93. The molecule has 1 aliphatic carbocycles. The van der Waals surface area contributed by atoms with E-state index in [-0.39, 0.29) is 11.6 Å². The van der Waals surface area contributed by atoms with Crippen LogP contribution >= 0.6 is 0 Å². The Hall–Kier alpha value is -2.44. The van der Waals surface area contributed by atoms with Gasteiger partial charge in [0, 0.05) is 12.1 Å². The van der Waals surface area contributed by atoms with E-state index in [9.17, 15) is 14.9 Å². The van der Waals surface area contributed by atoms with E-state index in [1.165, 1.54) is 6.07 Å². The molecule has 7 heteroatoms. The highest BCUT2D eigenvalue weighted by Gasteiger charge is 2.21. The summed E-state index contributed by atoms with van der Waals surface area (Å²) >= 11 is 0. The first-order valence-corrected chi connectivity index (χ1v) is 5.37. The second kappa shape index (κ2) is 4.82. The highest BCUT2D eigenvalue weighted by Crippen LogP contribution is 2.22. The molecule has 0 radical (unpaired) electrons. The Bertz CT molecular complexity index is 519. The van der Waals surface area contributed by atoms with E-state index in [0.29, 0.717) is 5.82 Å². The molecule has 1 aliphatic rings. The van der Waals surface area contributed by atoms with Gasteiger partial charge in [0.25, 0.3) is 0 Å². The molecule has 2 rings (SSSR count). The Labute approximate surface area is 102 Å². The van der Waals surface area contributed by atoms with Gasteiger partial charge in [-0.2, -0.15) is 0 Å². The third kappa shape index (κ3) is 2.45. The van der Waals surface area contributed by atoms with Crippen LogP contribution < -0.4 is 5.32 Å². The normalized spacial score (nSPS) is 14.7. The van der Waals surface area contributed by atoms with Gasteiger partial charge in [-0.1, -0.05) is 12.2 Å². The quantitative estimate of drug-likeness (QED) is 0.479. The molecule has 0 amide bonds. The molecule has 94 valence electrons. The lowest BCUT2D eigenvalue weighted by molar-refractivity contribution is -0.385. The SMILES string of the molecule is O=C(O)c1cc(NC2CC=CC2)ncc1[N+](=O)[O-]. The molecule has 0 fully saturated rings. The lowest BCUT2D eigenvalue weighted by Gasteiger charge is -2.12. The number of nitro groups is 1. The summed E-state index contributed by atoms with van der Waals surface area (Å²) in [5.74, 6) is -0.997. The largest absolute Gasteiger partial charge is 0.477 e. The van der Waals surface area contributed by atoms with Crippen molar-refractivity contribution in [1.29, 1.82) is 0 Å². The van der Waals surface area contributed by atoms with E-state index < -0.39 is 16.6 Å². The molecule has 1 aromatic heterocycles. The van der Waals surface area contributed by atoms with Crippen LogP contribution in [0.15, 0.2) is 24.4 Å². The van der Waals surface area contributed by atoms with Crippen molar-refractivity contribution in [3.63, 3.8) is 0 Å². The minimum Gasteiger partial charge on any atom is -0.477 e. The van der Waals surface area contributed by atoms with E-state index in [2.05, 4.69) is 10.3 Å². The first-order valence-electron chi connectivity index (χ1n) is 5.37. The fraction of sp³-hybridized carbons (Fsp3) is 0.273. The van der Waals surface area contributed by atoms with Crippen LogP contribution in [-0.4, -0.2) is 27.0 Å². The Morgan fingerprint density at radius 2 is 2.17 bits per heavy atom. The summed E-state index contributed by atoms with van der Waals surface area (Å²) in [6.45, 7) is 0. The molecular weight excluding hydrogens is 238 g/mol. The minimum atomic E-state index is -1.34. The van der Waals surface area contributed by atoms with Gasteiger partial charge in [0.2, 0.25) is 0 Å². The van der Waals surface area contributed by atoms with Gasteiger partial charge in [0.05, 0.1) is 4.92 Å². The number of anilines is 1. The molecular formula is C11H11N3O4. The standard InChI is InChI=1S/C11H11N3O4/c15-11(16)8-5-10(12-6-9(8)14(17)18)13-7-3-1-2-4-7/h1-2,5-7H,3-4H2,(H,12,13)(H,15,16). The van der Waals surface area contributed by atoms with E-state index >= 15 is 0 Å². The number of nitrogens with one attached hydrogen (secondary N) is 1. The molecule has 0 bridgehead atoms. The van der Waals surface area contributed by atoms with Crippen molar-refractivity contribution >= 4 is 17.5 Å². The predicted molar refractivity (Wildman–Crippen MR) is 63.6 cm³/mol. The van der Waals surface area contributed by atoms with E-state index in [0.717, 1.165) is 19.0 Å². The molecule has 1 heterocycles. The van der Waals surface area contributed by atoms with Crippen LogP contribution in [0.4, 0.5) is 11.5 Å². The van der Waals surface area contributed by atoms with Crippen LogP contribution in [0.3, 0.4) is 0 Å². The monoisotopic (exact) mass is 249 g/mol. The van der Waals surface area contributed by atoms with Crippen molar-refractivity contribution in [1.82, 2.24) is 4.98 Å². The van der Waals surface area contributed by atoms with Gasteiger partial charge in [-0.05, 0) is 12.8 Å². The number of aromatic carboxylic acids is 1. The summed E-state index contributed by atoms with van der Waals surface area (Å²) in [5.41, 5.74) is -0.860. The maximum Gasteiger partial charge on any atom is 0.342 e.